The van der Waals surface area contributed by atoms with Crippen molar-refractivity contribution in [1.29, 1.82) is 0 Å². The summed E-state index contributed by atoms with van der Waals surface area (Å²) in [5.41, 5.74) is 0.0780. The molecule has 1 aromatic rings. The molecule has 0 spiro atoms. The van der Waals surface area contributed by atoms with E-state index in [4.69, 9.17) is 4.74 Å². The van der Waals surface area contributed by atoms with Gasteiger partial charge in [-0.1, -0.05) is 0 Å². The molecule has 0 fully saturated rings. The van der Waals surface area contributed by atoms with Gasteiger partial charge in [-0.25, -0.2) is 0 Å². The summed E-state index contributed by atoms with van der Waals surface area (Å²) in [6, 6.07) is 2.36. The minimum Gasteiger partial charge on any atom is -0.490 e. The highest BCUT2D eigenvalue weighted by Gasteiger charge is 2.20. The Morgan fingerprint density at radius 1 is 1.44 bits per heavy atom. The van der Waals surface area contributed by atoms with Gasteiger partial charge in [-0.05, 0) is 11.6 Å². The van der Waals surface area contributed by atoms with Crippen LogP contribution in [0.3, 0.4) is 0 Å². The van der Waals surface area contributed by atoms with Crippen molar-refractivity contribution in [2.45, 2.75) is 6.42 Å². The molecule has 7 nitrogen and oxygen atoms in total. The second kappa shape index (κ2) is 5.76. The lowest BCUT2D eigenvalue weighted by atomic mass is 10.0. The minimum absolute atomic E-state index is 0.0317. The molecule has 0 aliphatic rings. The zero-order valence-electron chi connectivity index (χ0n) is 9.84. The van der Waals surface area contributed by atoms with Gasteiger partial charge < -0.3 is 9.47 Å². The number of methoxy groups -OCH3 is 2. The predicted molar refractivity (Wildman–Crippen MR) is 60.8 cm³/mol. The monoisotopic (exact) mass is 253 g/mol. The topological polar surface area (TPSA) is 95.7 Å². The maximum absolute atomic E-state index is 11.1. The SMILES string of the molecule is COC(=O)Cc1cc([N+](=O)[O-])c(OC)cc1C=O. The second-order valence-electron chi connectivity index (χ2n) is 3.35. The molecule has 18 heavy (non-hydrogen) atoms. The molecule has 7 heteroatoms. The molecule has 0 saturated heterocycles. The van der Waals surface area contributed by atoms with Gasteiger partial charge in [-0.3, -0.25) is 19.7 Å². The first kappa shape index (κ1) is 13.6. The fourth-order valence-corrected chi connectivity index (χ4v) is 1.42. The Balaban J connectivity index is 3.31. The van der Waals surface area contributed by atoms with Crippen molar-refractivity contribution < 1.29 is 24.0 Å². The Morgan fingerprint density at radius 2 is 2.11 bits per heavy atom. The summed E-state index contributed by atoms with van der Waals surface area (Å²) in [7, 11) is 2.46. The zero-order valence-corrected chi connectivity index (χ0v) is 9.84. The fourth-order valence-electron chi connectivity index (χ4n) is 1.42. The highest BCUT2D eigenvalue weighted by atomic mass is 16.6. The molecule has 0 aliphatic heterocycles. The van der Waals surface area contributed by atoms with Crippen molar-refractivity contribution in [1.82, 2.24) is 0 Å². The van der Waals surface area contributed by atoms with Gasteiger partial charge in [0.05, 0.1) is 25.6 Å². The van der Waals surface area contributed by atoms with Gasteiger partial charge in [-0.15, -0.1) is 0 Å². The first-order valence-electron chi connectivity index (χ1n) is 4.90. The lowest BCUT2D eigenvalue weighted by Crippen LogP contribution is -2.08. The van der Waals surface area contributed by atoms with E-state index in [0.717, 1.165) is 6.07 Å². The van der Waals surface area contributed by atoms with E-state index < -0.39 is 10.9 Å². The molecule has 1 aromatic carbocycles. The molecule has 0 bridgehead atoms. The molecular weight excluding hydrogens is 242 g/mol. The van der Waals surface area contributed by atoms with E-state index >= 15 is 0 Å². The van der Waals surface area contributed by atoms with Crippen LogP contribution in [0.4, 0.5) is 5.69 Å². The van der Waals surface area contributed by atoms with Crippen LogP contribution in [0.15, 0.2) is 12.1 Å². The van der Waals surface area contributed by atoms with E-state index in [9.17, 15) is 19.7 Å². The van der Waals surface area contributed by atoms with Crippen molar-refractivity contribution in [2.75, 3.05) is 14.2 Å². The lowest BCUT2D eigenvalue weighted by molar-refractivity contribution is -0.385. The molecule has 0 heterocycles. The maximum atomic E-state index is 11.1. The van der Waals surface area contributed by atoms with Gasteiger partial charge in [0.15, 0.2) is 5.75 Å². The van der Waals surface area contributed by atoms with Gasteiger partial charge in [0, 0.05) is 11.6 Å². The molecule has 1 rings (SSSR count). The second-order valence-corrected chi connectivity index (χ2v) is 3.35. The average molecular weight is 253 g/mol. The normalized spacial score (nSPS) is 9.67. The molecule has 0 aliphatic carbocycles. The zero-order chi connectivity index (χ0) is 13.7. The molecule has 0 unspecified atom stereocenters. The summed E-state index contributed by atoms with van der Waals surface area (Å²) in [6.07, 6.45) is 0.292. The van der Waals surface area contributed by atoms with E-state index in [1.807, 2.05) is 0 Å². The standard InChI is InChI=1S/C11H11NO6/c1-17-10-4-8(6-13)7(5-11(14)18-2)3-9(10)12(15)16/h3-4,6H,5H2,1-2H3. The van der Waals surface area contributed by atoms with Crippen LogP contribution in [-0.2, 0) is 16.0 Å². The van der Waals surface area contributed by atoms with Gasteiger partial charge >= 0.3 is 11.7 Å². The minimum atomic E-state index is -0.645. The largest absolute Gasteiger partial charge is 0.490 e. The van der Waals surface area contributed by atoms with Crippen LogP contribution in [-0.4, -0.2) is 31.4 Å². The molecular formula is C11H11NO6. The van der Waals surface area contributed by atoms with Crippen LogP contribution >= 0.6 is 0 Å². The lowest BCUT2D eigenvalue weighted by Gasteiger charge is -2.07. The van der Waals surface area contributed by atoms with Crippen LogP contribution in [0.1, 0.15) is 15.9 Å². The van der Waals surface area contributed by atoms with Crippen LogP contribution in [0.25, 0.3) is 0 Å². The Kier molecular flexibility index (Phi) is 4.36. The molecule has 0 N–H and O–H groups in total. The average Bonchev–Trinajstić information content (AvgIpc) is 2.37. The maximum Gasteiger partial charge on any atom is 0.311 e. The van der Waals surface area contributed by atoms with Crippen molar-refractivity contribution in [3.05, 3.63) is 33.4 Å². The smallest absolute Gasteiger partial charge is 0.311 e. The van der Waals surface area contributed by atoms with Gasteiger partial charge in [0.2, 0.25) is 0 Å². The Bertz CT molecular complexity index is 497. The number of hydrogen-bond acceptors (Lipinski definition) is 6. The molecule has 0 aromatic heterocycles. The molecule has 0 atom stereocenters. The fraction of sp³-hybridized carbons (Fsp3) is 0.273. The third-order valence-electron chi connectivity index (χ3n) is 2.33. The number of aldehydes is 1. The number of ether oxygens (including phenoxy) is 2. The summed E-state index contributed by atoms with van der Waals surface area (Å²) < 4.78 is 9.27. The first-order chi connectivity index (χ1) is 8.53. The number of nitro groups is 1. The van der Waals surface area contributed by atoms with E-state index in [1.54, 1.807) is 0 Å². The third kappa shape index (κ3) is 2.82. The summed E-state index contributed by atoms with van der Waals surface area (Å²) in [5.74, 6) is -0.617. The Labute approximate surface area is 102 Å². The Morgan fingerprint density at radius 3 is 2.56 bits per heavy atom. The highest BCUT2D eigenvalue weighted by Crippen LogP contribution is 2.30. The number of rotatable bonds is 5. The Hall–Kier alpha value is -2.44. The number of benzene rings is 1. The van der Waals surface area contributed by atoms with E-state index in [-0.39, 0.29) is 29.0 Å². The quantitative estimate of drug-likeness (QED) is 0.338. The molecule has 0 radical (unpaired) electrons. The van der Waals surface area contributed by atoms with Gasteiger partial charge in [0.25, 0.3) is 0 Å². The van der Waals surface area contributed by atoms with Crippen molar-refractivity contribution in [2.24, 2.45) is 0 Å². The number of carbonyl (C=O) groups is 2. The first-order valence-corrected chi connectivity index (χ1v) is 4.90. The third-order valence-corrected chi connectivity index (χ3v) is 2.33. The van der Waals surface area contributed by atoms with Crippen molar-refractivity contribution in [3.8, 4) is 5.75 Å². The summed E-state index contributed by atoms with van der Waals surface area (Å²) in [4.78, 5) is 32.2. The van der Waals surface area contributed by atoms with Gasteiger partial charge in [-0.2, -0.15) is 0 Å². The molecule has 0 saturated carbocycles. The molecule has 0 amide bonds. The van der Waals surface area contributed by atoms with Crippen molar-refractivity contribution >= 4 is 17.9 Å². The van der Waals surface area contributed by atoms with E-state index in [1.165, 1.54) is 20.3 Å². The number of esters is 1. The number of nitro benzene ring substituents is 1. The number of nitrogens with zero attached hydrogens (tertiary/aromatic N) is 1. The van der Waals surface area contributed by atoms with Gasteiger partial charge in [0.1, 0.15) is 6.29 Å². The summed E-state index contributed by atoms with van der Waals surface area (Å²) in [6.45, 7) is 0. The van der Waals surface area contributed by atoms with Crippen molar-refractivity contribution in [3.63, 3.8) is 0 Å². The van der Waals surface area contributed by atoms with Crippen LogP contribution < -0.4 is 4.74 Å². The van der Waals surface area contributed by atoms with Crippen LogP contribution in [0.2, 0.25) is 0 Å². The molecule has 96 valence electrons. The van der Waals surface area contributed by atoms with E-state index in [0.29, 0.717) is 6.29 Å². The van der Waals surface area contributed by atoms with Crippen LogP contribution in [0.5, 0.6) is 5.75 Å². The number of hydrogen-bond donors (Lipinski definition) is 0. The summed E-state index contributed by atoms with van der Waals surface area (Å²) in [5, 5.41) is 10.8. The van der Waals surface area contributed by atoms with Crippen LogP contribution in [0, 0.1) is 10.1 Å². The van der Waals surface area contributed by atoms with E-state index in [2.05, 4.69) is 4.74 Å². The summed E-state index contributed by atoms with van der Waals surface area (Å²) >= 11 is 0. The number of carbonyl (C=O) groups excluding carboxylic acids is 2. The predicted octanol–water partition coefficient (Wildman–Crippen LogP) is 1.13. The highest BCUT2D eigenvalue weighted by molar-refractivity contribution is 5.83.